The average Bonchev–Trinajstić information content (AvgIpc) is 2.73. The van der Waals surface area contributed by atoms with Crippen LogP contribution in [0.1, 0.15) is 53.0 Å². The molecule has 0 atom stereocenters. The molecular weight excluding hydrogens is 388 g/mol. The SMILES string of the molecule is CCCc1c(OCCCOc2ccc(C(=O)C(=O)O)cc2)ccc(C(C)=O)c1OC. The van der Waals surface area contributed by atoms with E-state index in [0.717, 1.165) is 18.4 Å². The third-order valence-corrected chi connectivity index (χ3v) is 4.43. The van der Waals surface area contributed by atoms with Crippen molar-refractivity contribution >= 4 is 17.5 Å². The van der Waals surface area contributed by atoms with Gasteiger partial charge in [0.05, 0.1) is 25.9 Å². The number of ketones is 2. The minimum absolute atomic E-state index is 0.0553. The fraction of sp³-hybridized carbons (Fsp3) is 0.348. The molecule has 0 unspecified atom stereocenters. The van der Waals surface area contributed by atoms with Gasteiger partial charge in [-0.05, 0) is 49.7 Å². The Balaban J connectivity index is 1.92. The van der Waals surface area contributed by atoms with Crippen molar-refractivity contribution in [3.63, 3.8) is 0 Å². The van der Waals surface area contributed by atoms with Gasteiger partial charge in [-0.1, -0.05) is 13.3 Å². The van der Waals surface area contributed by atoms with Crippen LogP contribution >= 0.6 is 0 Å². The van der Waals surface area contributed by atoms with E-state index in [9.17, 15) is 14.4 Å². The Labute approximate surface area is 175 Å². The second-order valence-corrected chi connectivity index (χ2v) is 6.64. The van der Waals surface area contributed by atoms with Gasteiger partial charge in [-0.25, -0.2) is 4.79 Å². The van der Waals surface area contributed by atoms with Crippen LogP contribution in [0.5, 0.6) is 17.2 Å². The van der Waals surface area contributed by atoms with E-state index in [-0.39, 0.29) is 11.3 Å². The van der Waals surface area contributed by atoms with Crippen LogP contribution in [0, 0.1) is 0 Å². The van der Waals surface area contributed by atoms with Crippen LogP contribution in [0.25, 0.3) is 0 Å². The lowest BCUT2D eigenvalue weighted by molar-refractivity contribution is -0.131. The zero-order chi connectivity index (χ0) is 22.1. The van der Waals surface area contributed by atoms with Gasteiger partial charge in [0, 0.05) is 17.5 Å². The number of methoxy groups -OCH3 is 1. The first-order chi connectivity index (χ1) is 14.4. The van der Waals surface area contributed by atoms with E-state index in [1.54, 1.807) is 31.4 Å². The van der Waals surface area contributed by atoms with Gasteiger partial charge in [-0.2, -0.15) is 0 Å². The Morgan fingerprint density at radius 3 is 2.20 bits per heavy atom. The summed E-state index contributed by atoms with van der Waals surface area (Å²) in [5, 5.41) is 8.71. The fourth-order valence-corrected chi connectivity index (χ4v) is 3.00. The van der Waals surface area contributed by atoms with Gasteiger partial charge in [0.1, 0.15) is 17.2 Å². The number of aliphatic carboxylic acids is 1. The van der Waals surface area contributed by atoms with Crippen LogP contribution in [-0.2, 0) is 11.2 Å². The maximum atomic E-state index is 11.8. The molecule has 7 heteroatoms. The predicted molar refractivity (Wildman–Crippen MR) is 111 cm³/mol. The normalized spacial score (nSPS) is 10.4. The molecule has 160 valence electrons. The Kier molecular flexibility index (Phi) is 8.41. The number of benzene rings is 2. The lowest BCUT2D eigenvalue weighted by atomic mass is 10.0. The molecule has 0 saturated heterocycles. The molecule has 0 fully saturated rings. The Morgan fingerprint density at radius 2 is 1.63 bits per heavy atom. The molecule has 0 saturated carbocycles. The molecule has 0 heterocycles. The molecule has 0 aliphatic rings. The molecule has 0 radical (unpaired) electrons. The molecule has 0 bridgehead atoms. The fourth-order valence-electron chi connectivity index (χ4n) is 3.00. The van der Waals surface area contributed by atoms with Crippen molar-refractivity contribution in [2.75, 3.05) is 20.3 Å². The van der Waals surface area contributed by atoms with Crippen molar-refractivity contribution in [1.82, 2.24) is 0 Å². The molecule has 2 aromatic rings. The highest BCUT2D eigenvalue weighted by molar-refractivity contribution is 6.39. The second kappa shape index (κ2) is 11.0. The number of carbonyl (C=O) groups excluding carboxylic acids is 2. The Bertz CT molecular complexity index is 901. The van der Waals surface area contributed by atoms with E-state index in [1.807, 2.05) is 6.92 Å². The van der Waals surface area contributed by atoms with Crippen LogP contribution < -0.4 is 14.2 Å². The molecule has 2 rings (SSSR count). The van der Waals surface area contributed by atoms with Crippen molar-refractivity contribution in [3.8, 4) is 17.2 Å². The van der Waals surface area contributed by atoms with Crippen LogP contribution in [0.2, 0.25) is 0 Å². The number of hydrogen-bond donors (Lipinski definition) is 1. The number of hydrogen-bond acceptors (Lipinski definition) is 6. The van der Waals surface area contributed by atoms with E-state index in [4.69, 9.17) is 19.3 Å². The van der Waals surface area contributed by atoms with E-state index < -0.39 is 11.8 Å². The number of rotatable bonds is 12. The van der Waals surface area contributed by atoms with Gasteiger partial charge in [-0.15, -0.1) is 0 Å². The summed E-state index contributed by atoms with van der Waals surface area (Å²) in [7, 11) is 1.55. The second-order valence-electron chi connectivity index (χ2n) is 6.64. The Morgan fingerprint density at radius 1 is 0.967 bits per heavy atom. The van der Waals surface area contributed by atoms with Crippen molar-refractivity contribution in [1.29, 1.82) is 0 Å². The minimum Gasteiger partial charge on any atom is -0.496 e. The van der Waals surface area contributed by atoms with Gasteiger partial charge in [-0.3, -0.25) is 9.59 Å². The van der Waals surface area contributed by atoms with Gasteiger partial charge in [0.15, 0.2) is 5.78 Å². The monoisotopic (exact) mass is 414 g/mol. The first-order valence-electron chi connectivity index (χ1n) is 9.73. The van der Waals surface area contributed by atoms with Crippen LogP contribution in [0.15, 0.2) is 36.4 Å². The molecule has 0 aliphatic heterocycles. The van der Waals surface area contributed by atoms with Gasteiger partial charge >= 0.3 is 5.97 Å². The maximum Gasteiger partial charge on any atom is 0.377 e. The van der Waals surface area contributed by atoms with Crippen LogP contribution in [0.4, 0.5) is 0 Å². The zero-order valence-corrected chi connectivity index (χ0v) is 17.4. The molecule has 30 heavy (non-hydrogen) atoms. The molecule has 0 aliphatic carbocycles. The standard InChI is InChI=1S/C23H26O7/c1-4-6-19-20(12-11-18(15(2)24)22(19)28-3)30-14-5-13-29-17-9-7-16(8-10-17)21(25)23(26)27/h7-12H,4-6,13-14H2,1-3H3,(H,26,27). The van der Waals surface area contributed by atoms with Crippen LogP contribution in [-0.4, -0.2) is 43.0 Å². The minimum atomic E-state index is -1.49. The summed E-state index contributed by atoms with van der Waals surface area (Å²) in [5.74, 6) is -0.707. The quantitative estimate of drug-likeness (QED) is 0.319. The summed E-state index contributed by atoms with van der Waals surface area (Å²) in [5.41, 5.74) is 1.53. The lowest BCUT2D eigenvalue weighted by Gasteiger charge is -2.17. The summed E-state index contributed by atoms with van der Waals surface area (Å²) in [6.07, 6.45) is 2.23. The molecule has 2 aromatic carbocycles. The van der Waals surface area contributed by atoms with E-state index in [2.05, 4.69) is 0 Å². The number of carboxylic acid groups (broad SMARTS) is 1. The van der Waals surface area contributed by atoms with E-state index in [1.165, 1.54) is 19.1 Å². The number of Topliss-reactive ketones (excluding diaryl/α,β-unsaturated/α-hetero) is 2. The summed E-state index contributed by atoms with van der Waals surface area (Å²) in [6, 6.07) is 9.46. The van der Waals surface area contributed by atoms with Crippen molar-refractivity contribution in [3.05, 3.63) is 53.1 Å². The first kappa shape index (κ1) is 22.9. The summed E-state index contributed by atoms with van der Waals surface area (Å²) in [6.45, 7) is 4.36. The summed E-state index contributed by atoms with van der Waals surface area (Å²) < 4.78 is 17.0. The molecular formula is C23H26O7. The molecule has 0 amide bonds. The summed E-state index contributed by atoms with van der Waals surface area (Å²) >= 11 is 0. The van der Waals surface area contributed by atoms with E-state index >= 15 is 0 Å². The predicted octanol–water partition coefficient (Wildman–Crippen LogP) is 3.97. The number of carbonyl (C=O) groups is 3. The van der Waals surface area contributed by atoms with Crippen molar-refractivity contribution < 1.29 is 33.7 Å². The molecule has 0 aromatic heterocycles. The average molecular weight is 414 g/mol. The number of ether oxygens (including phenoxy) is 3. The highest BCUT2D eigenvalue weighted by atomic mass is 16.5. The van der Waals surface area contributed by atoms with E-state index in [0.29, 0.717) is 42.4 Å². The lowest BCUT2D eigenvalue weighted by Crippen LogP contribution is -2.12. The third kappa shape index (κ3) is 5.83. The molecule has 7 nitrogen and oxygen atoms in total. The largest absolute Gasteiger partial charge is 0.496 e. The highest BCUT2D eigenvalue weighted by Gasteiger charge is 2.17. The first-order valence-corrected chi connectivity index (χ1v) is 9.73. The smallest absolute Gasteiger partial charge is 0.377 e. The van der Waals surface area contributed by atoms with Crippen LogP contribution in [0.3, 0.4) is 0 Å². The van der Waals surface area contributed by atoms with Crippen molar-refractivity contribution in [2.45, 2.75) is 33.1 Å². The van der Waals surface area contributed by atoms with Crippen molar-refractivity contribution in [2.24, 2.45) is 0 Å². The van der Waals surface area contributed by atoms with Gasteiger partial charge < -0.3 is 19.3 Å². The number of carboxylic acids is 1. The zero-order valence-electron chi connectivity index (χ0n) is 17.4. The highest BCUT2D eigenvalue weighted by Crippen LogP contribution is 2.34. The van der Waals surface area contributed by atoms with Gasteiger partial charge in [0.25, 0.3) is 5.78 Å². The maximum absolute atomic E-state index is 11.8. The third-order valence-electron chi connectivity index (χ3n) is 4.43. The summed E-state index contributed by atoms with van der Waals surface area (Å²) in [4.78, 5) is 33.9. The molecule has 1 N–H and O–H groups in total. The topological polar surface area (TPSA) is 99.1 Å². The van der Waals surface area contributed by atoms with Gasteiger partial charge in [0.2, 0.25) is 0 Å². The Hall–Kier alpha value is -3.35. The molecule has 0 spiro atoms.